The highest BCUT2D eigenvalue weighted by Crippen LogP contribution is 2.35. The molecule has 0 aromatic carbocycles. The molecule has 2 rings (SSSR count). The van der Waals surface area contributed by atoms with Gasteiger partial charge < -0.3 is 5.73 Å². The van der Waals surface area contributed by atoms with E-state index in [1.165, 1.54) is 70.9 Å². The van der Waals surface area contributed by atoms with Gasteiger partial charge in [-0.25, -0.2) is 0 Å². The minimum Gasteiger partial charge on any atom is -0.329 e. The Balaban J connectivity index is 1.97. The Kier molecular flexibility index (Phi) is 4.87. The van der Waals surface area contributed by atoms with Gasteiger partial charge in [0, 0.05) is 18.6 Å². The Morgan fingerprint density at radius 3 is 2.24 bits per heavy atom. The maximum atomic E-state index is 6.15. The average Bonchev–Trinajstić information content (AvgIpc) is 2.89. The van der Waals surface area contributed by atoms with E-state index in [9.17, 15) is 0 Å². The van der Waals surface area contributed by atoms with Crippen LogP contribution in [0.3, 0.4) is 0 Å². The molecule has 17 heavy (non-hydrogen) atoms. The number of likely N-dealkylation sites (N-methyl/N-ethyl adjacent to an activating group) is 1. The van der Waals surface area contributed by atoms with Gasteiger partial charge in [-0.2, -0.15) is 0 Å². The van der Waals surface area contributed by atoms with E-state index in [1.807, 2.05) is 0 Å². The third-order valence-corrected chi connectivity index (χ3v) is 5.17. The van der Waals surface area contributed by atoms with Crippen LogP contribution >= 0.6 is 0 Å². The summed E-state index contributed by atoms with van der Waals surface area (Å²) >= 11 is 0. The minimum absolute atomic E-state index is 0.357. The molecule has 0 radical (unpaired) electrons. The summed E-state index contributed by atoms with van der Waals surface area (Å²) in [4.78, 5) is 2.74. The van der Waals surface area contributed by atoms with Crippen molar-refractivity contribution in [2.24, 2.45) is 11.7 Å². The molecule has 2 heteroatoms. The Hall–Kier alpha value is -0.0800. The van der Waals surface area contributed by atoms with Crippen molar-refractivity contribution in [3.63, 3.8) is 0 Å². The largest absolute Gasteiger partial charge is 0.329 e. The van der Waals surface area contributed by atoms with Gasteiger partial charge in [-0.05, 0) is 38.1 Å². The van der Waals surface area contributed by atoms with Crippen LogP contribution in [-0.2, 0) is 0 Å². The minimum atomic E-state index is 0.357. The zero-order valence-electron chi connectivity index (χ0n) is 11.6. The second kappa shape index (κ2) is 6.19. The molecule has 2 aliphatic carbocycles. The van der Waals surface area contributed by atoms with Crippen LogP contribution in [0.15, 0.2) is 0 Å². The van der Waals surface area contributed by atoms with Gasteiger partial charge in [-0.1, -0.05) is 39.0 Å². The van der Waals surface area contributed by atoms with Crippen LogP contribution in [0.25, 0.3) is 0 Å². The smallest absolute Gasteiger partial charge is 0.0331 e. The van der Waals surface area contributed by atoms with Gasteiger partial charge in [-0.3, -0.25) is 4.90 Å². The van der Waals surface area contributed by atoms with E-state index < -0.39 is 0 Å². The summed E-state index contributed by atoms with van der Waals surface area (Å²) in [7, 11) is 0. The maximum Gasteiger partial charge on any atom is 0.0331 e. The molecular formula is C15H30N2. The van der Waals surface area contributed by atoms with Crippen LogP contribution < -0.4 is 5.73 Å². The van der Waals surface area contributed by atoms with E-state index in [0.717, 1.165) is 12.5 Å². The van der Waals surface area contributed by atoms with E-state index >= 15 is 0 Å². The van der Waals surface area contributed by atoms with Crippen LogP contribution in [0.5, 0.6) is 0 Å². The van der Waals surface area contributed by atoms with Crippen molar-refractivity contribution < 1.29 is 0 Å². The van der Waals surface area contributed by atoms with Gasteiger partial charge in [0.1, 0.15) is 0 Å². The first-order valence-electron chi connectivity index (χ1n) is 7.76. The van der Waals surface area contributed by atoms with Crippen molar-refractivity contribution in [1.29, 1.82) is 0 Å². The highest BCUT2D eigenvalue weighted by atomic mass is 15.2. The summed E-state index contributed by atoms with van der Waals surface area (Å²) < 4.78 is 0. The summed E-state index contributed by atoms with van der Waals surface area (Å²) in [6.07, 6.45) is 12.7. The molecule has 0 aliphatic heterocycles. The lowest BCUT2D eigenvalue weighted by molar-refractivity contribution is 0.0479. The Bertz CT molecular complexity index is 215. The van der Waals surface area contributed by atoms with E-state index in [1.54, 1.807) is 0 Å². The van der Waals surface area contributed by atoms with E-state index in [0.29, 0.717) is 5.54 Å². The van der Waals surface area contributed by atoms with E-state index in [4.69, 9.17) is 5.73 Å². The topological polar surface area (TPSA) is 29.3 Å². The number of nitrogens with two attached hydrogens (primary N) is 1. The normalized spacial score (nSPS) is 25.6. The van der Waals surface area contributed by atoms with Crippen molar-refractivity contribution in [2.75, 3.05) is 19.6 Å². The van der Waals surface area contributed by atoms with Crippen molar-refractivity contribution >= 4 is 0 Å². The molecule has 0 saturated heterocycles. The van der Waals surface area contributed by atoms with E-state index in [-0.39, 0.29) is 0 Å². The standard InChI is InChI=1S/C15H30N2/c1-2-17(12-14-8-4-5-9-14)15(13-16)10-6-3-7-11-15/h14H,2-13,16H2,1H3. The fourth-order valence-electron chi connectivity index (χ4n) is 4.02. The van der Waals surface area contributed by atoms with Crippen LogP contribution in [-0.4, -0.2) is 30.1 Å². The van der Waals surface area contributed by atoms with Crippen LogP contribution in [0, 0.1) is 5.92 Å². The predicted molar refractivity (Wildman–Crippen MR) is 74.1 cm³/mol. The lowest BCUT2D eigenvalue weighted by Crippen LogP contribution is -2.56. The fourth-order valence-corrected chi connectivity index (χ4v) is 4.02. The Morgan fingerprint density at radius 1 is 1.06 bits per heavy atom. The maximum absolute atomic E-state index is 6.15. The molecule has 0 unspecified atom stereocenters. The summed E-state index contributed by atoms with van der Waals surface area (Å²) in [6.45, 7) is 5.69. The third kappa shape index (κ3) is 3.03. The molecule has 0 atom stereocenters. The Morgan fingerprint density at radius 2 is 1.71 bits per heavy atom. The first-order chi connectivity index (χ1) is 8.30. The Labute approximate surface area is 107 Å². The summed E-state index contributed by atoms with van der Waals surface area (Å²) in [6, 6.07) is 0. The molecule has 2 nitrogen and oxygen atoms in total. The molecule has 0 heterocycles. The average molecular weight is 238 g/mol. The molecule has 2 aliphatic rings. The zero-order valence-corrected chi connectivity index (χ0v) is 11.6. The van der Waals surface area contributed by atoms with Gasteiger partial charge in [0.25, 0.3) is 0 Å². The van der Waals surface area contributed by atoms with Gasteiger partial charge in [0.15, 0.2) is 0 Å². The highest BCUT2D eigenvalue weighted by Gasteiger charge is 2.36. The third-order valence-electron chi connectivity index (χ3n) is 5.17. The van der Waals surface area contributed by atoms with Crippen molar-refractivity contribution in [3.05, 3.63) is 0 Å². The van der Waals surface area contributed by atoms with Gasteiger partial charge in [0.05, 0.1) is 0 Å². The molecule has 0 aromatic rings. The molecule has 0 bridgehead atoms. The van der Waals surface area contributed by atoms with Crippen molar-refractivity contribution in [1.82, 2.24) is 4.90 Å². The lowest BCUT2D eigenvalue weighted by atomic mass is 9.79. The molecular weight excluding hydrogens is 208 g/mol. The molecule has 0 amide bonds. The molecule has 0 aromatic heterocycles. The second-order valence-electron chi connectivity index (χ2n) is 6.18. The molecule has 2 saturated carbocycles. The number of hydrogen-bond donors (Lipinski definition) is 1. The molecule has 2 fully saturated rings. The predicted octanol–water partition coefficient (Wildman–Crippen LogP) is 3.16. The van der Waals surface area contributed by atoms with Crippen LogP contribution in [0.4, 0.5) is 0 Å². The second-order valence-corrected chi connectivity index (χ2v) is 6.18. The first-order valence-corrected chi connectivity index (χ1v) is 7.76. The summed E-state index contributed by atoms with van der Waals surface area (Å²) in [5.74, 6) is 0.959. The fraction of sp³-hybridized carbons (Fsp3) is 1.00. The molecule has 0 spiro atoms. The molecule has 2 N–H and O–H groups in total. The zero-order chi connectivity index (χ0) is 12.1. The van der Waals surface area contributed by atoms with Crippen LogP contribution in [0.2, 0.25) is 0 Å². The SMILES string of the molecule is CCN(CC1CCCC1)C1(CN)CCCCC1. The van der Waals surface area contributed by atoms with Crippen LogP contribution in [0.1, 0.15) is 64.7 Å². The molecule has 100 valence electrons. The number of hydrogen-bond acceptors (Lipinski definition) is 2. The highest BCUT2D eigenvalue weighted by molar-refractivity contribution is 4.94. The van der Waals surface area contributed by atoms with E-state index in [2.05, 4.69) is 11.8 Å². The first kappa shape index (κ1) is 13.4. The van der Waals surface area contributed by atoms with Crippen molar-refractivity contribution in [3.8, 4) is 0 Å². The number of nitrogens with zero attached hydrogens (tertiary/aromatic N) is 1. The van der Waals surface area contributed by atoms with Gasteiger partial charge in [0.2, 0.25) is 0 Å². The summed E-state index contributed by atoms with van der Waals surface area (Å²) in [5.41, 5.74) is 6.50. The van der Waals surface area contributed by atoms with Gasteiger partial charge >= 0.3 is 0 Å². The van der Waals surface area contributed by atoms with Gasteiger partial charge in [-0.15, -0.1) is 0 Å². The summed E-state index contributed by atoms with van der Waals surface area (Å²) in [5, 5.41) is 0. The lowest BCUT2D eigenvalue weighted by Gasteiger charge is -2.46. The van der Waals surface area contributed by atoms with Crippen molar-refractivity contribution in [2.45, 2.75) is 70.3 Å². The quantitative estimate of drug-likeness (QED) is 0.797. The number of rotatable bonds is 5. The monoisotopic (exact) mass is 238 g/mol.